The van der Waals surface area contributed by atoms with Gasteiger partial charge in [0.25, 0.3) is 0 Å². The molecule has 5 unspecified atom stereocenters. The van der Waals surface area contributed by atoms with Gasteiger partial charge in [-0.15, -0.1) is 0 Å². The number of esters is 1. The molecule has 0 radical (unpaired) electrons. The maximum atomic E-state index is 14.7. The van der Waals surface area contributed by atoms with Crippen molar-refractivity contribution in [1.82, 2.24) is 5.32 Å². The van der Waals surface area contributed by atoms with Gasteiger partial charge in [0.2, 0.25) is 5.91 Å². The number of carboxylic acid groups (broad SMARTS) is 2. The van der Waals surface area contributed by atoms with E-state index in [9.17, 15) is 29.4 Å². The Bertz CT molecular complexity index is 1450. The summed E-state index contributed by atoms with van der Waals surface area (Å²) in [4.78, 5) is 51.4. The van der Waals surface area contributed by atoms with Gasteiger partial charge < -0.3 is 20.3 Å². The smallest absolute Gasteiger partial charge is 0.309 e. The molecule has 0 heterocycles. The monoisotopic (exact) mass is 712 g/mol. The van der Waals surface area contributed by atoms with Gasteiger partial charge in [0.15, 0.2) is 0 Å². The first-order valence-corrected chi connectivity index (χ1v) is 20.4. The van der Waals surface area contributed by atoms with Crippen LogP contribution in [0.4, 0.5) is 0 Å². The minimum Gasteiger partial charge on any atom is -0.481 e. The van der Waals surface area contributed by atoms with Crippen molar-refractivity contribution in [3.63, 3.8) is 0 Å². The van der Waals surface area contributed by atoms with E-state index in [4.69, 9.17) is 4.74 Å². The molecule has 288 valence electrons. The molecule has 6 rings (SSSR count). The quantitative estimate of drug-likeness (QED) is 0.215. The summed E-state index contributed by atoms with van der Waals surface area (Å²) in [5, 5.41) is 22.8. The third-order valence-electron chi connectivity index (χ3n) is 18.0. The van der Waals surface area contributed by atoms with Crippen LogP contribution in [0.3, 0.4) is 0 Å². The van der Waals surface area contributed by atoms with Crippen LogP contribution in [0.15, 0.2) is 0 Å². The minimum atomic E-state index is -1.16. The molecule has 8 nitrogen and oxygen atoms in total. The van der Waals surface area contributed by atoms with E-state index in [0.29, 0.717) is 41.9 Å². The fourth-order valence-corrected chi connectivity index (χ4v) is 14.5. The second kappa shape index (κ2) is 12.2. The van der Waals surface area contributed by atoms with Crippen molar-refractivity contribution < 1.29 is 34.1 Å². The number of carboxylic acids is 2. The second-order valence-electron chi connectivity index (χ2n) is 21.5. The zero-order valence-electron chi connectivity index (χ0n) is 33.6. The number of ether oxygens (including phenoxy) is 1. The lowest BCUT2D eigenvalue weighted by Crippen LogP contribution is -2.68. The van der Waals surface area contributed by atoms with Crippen molar-refractivity contribution in [3.05, 3.63) is 0 Å². The van der Waals surface area contributed by atoms with E-state index in [-0.39, 0.29) is 51.5 Å². The summed E-state index contributed by atoms with van der Waals surface area (Å²) in [6.07, 6.45) is 10.5. The van der Waals surface area contributed by atoms with Gasteiger partial charge in [-0.05, 0) is 142 Å². The minimum absolute atomic E-state index is 0.0996. The van der Waals surface area contributed by atoms with Gasteiger partial charge in [0.05, 0.1) is 23.2 Å². The van der Waals surface area contributed by atoms with E-state index in [1.807, 2.05) is 13.8 Å². The van der Waals surface area contributed by atoms with E-state index < -0.39 is 34.7 Å². The molecule has 6 aliphatic carbocycles. The van der Waals surface area contributed by atoms with Gasteiger partial charge in [-0.25, -0.2) is 0 Å². The summed E-state index contributed by atoms with van der Waals surface area (Å²) in [6, 6.07) is -0.0996. The average molecular weight is 712 g/mol. The highest BCUT2D eigenvalue weighted by molar-refractivity contribution is 5.85. The molecule has 6 saturated carbocycles. The summed E-state index contributed by atoms with van der Waals surface area (Å²) in [5.74, 6) is 0.363. The maximum absolute atomic E-state index is 14.7. The molecule has 3 N–H and O–H groups in total. The lowest BCUT2D eigenvalue weighted by Gasteiger charge is -2.73. The first kappa shape index (κ1) is 38.6. The number of nitrogens with one attached hydrogen (secondary N) is 1. The Morgan fingerprint density at radius 3 is 2.04 bits per heavy atom. The molecule has 0 aromatic rings. The van der Waals surface area contributed by atoms with Gasteiger partial charge >= 0.3 is 17.9 Å². The summed E-state index contributed by atoms with van der Waals surface area (Å²) < 4.78 is 6.17. The number of amides is 1. The van der Waals surface area contributed by atoms with E-state index in [0.717, 1.165) is 64.2 Å². The van der Waals surface area contributed by atoms with E-state index in [1.165, 1.54) is 0 Å². The molecule has 0 spiro atoms. The number of aliphatic carboxylic acids is 2. The Morgan fingerprint density at radius 1 is 0.784 bits per heavy atom. The molecule has 0 saturated heterocycles. The first-order valence-electron chi connectivity index (χ1n) is 20.4. The van der Waals surface area contributed by atoms with Crippen LogP contribution in [0, 0.1) is 79.3 Å². The average Bonchev–Trinajstić information content (AvgIpc) is 3.41. The van der Waals surface area contributed by atoms with Gasteiger partial charge in [-0.1, -0.05) is 62.3 Å². The standard InChI is InChI=1S/C43H69NO7/c1-24(2)25-14-19-43(35(48)44-30-22-27(34(46)47)38(30,5)6)21-20-41(10)26(33(25)43)12-13-29-40(9)17-16-31(51-32(45)23-37(3,4)36(49)50)39(7,8)28(40)15-18-42(29,41)11/h24-31,33H,12-23H2,1-11H3,(H,44,48)(H,46,47)(H,49,50)/t25-,26?,27+,28-,29+,30?,31?,33+,40?,41+,42+,43?/m0/s1. The number of carbonyl (C=O) groups is 4. The van der Waals surface area contributed by atoms with Crippen molar-refractivity contribution >= 4 is 23.8 Å². The normalized spacial score (nSPS) is 45.3. The molecular formula is C43H69NO7. The molecule has 0 aromatic carbocycles. The third-order valence-corrected chi connectivity index (χ3v) is 18.0. The predicted octanol–water partition coefficient (Wildman–Crippen LogP) is 8.75. The fourth-order valence-electron chi connectivity index (χ4n) is 14.5. The second-order valence-corrected chi connectivity index (χ2v) is 21.5. The van der Waals surface area contributed by atoms with Crippen LogP contribution < -0.4 is 5.32 Å². The van der Waals surface area contributed by atoms with Gasteiger partial charge in [-0.2, -0.15) is 0 Å². The van der Waals surface area contributed by atoms with Crippen LogP contribution >= 0.6 is 0 Å². The first-order chi connectivity index (χ1) is 23.4. The Labute approximate surface area is 307 Å². The zero-order chi connectivity index (χ0) is 37.9. The Balaban J connectivity index is 1.25. The third kappa shape index (κ3) is 5.46. The number of fused-ring (bicyclic) bond motifs is 7. The molecular weight excluding hydrogens is 642 g/mol. The lowest BCUT2D eigenvalue weighted by molar-refractivity contribution is -0.250. The van der Waals surface area contributed by atoms with Crippen LogP contribution in [0.1, 0.15) is 153 Å². The zero-order valence-corrected chi connectivity index (χ0v) is 33.6. The molecule has 6 aliphatic rings. The molecule has 1 amide bonds. The van der Waals surface area contributed by atoms with Crippen molar-refractivity contribution in [3.8, 4) is 0 Å². The van der Waals surface area contributed by atoms with Crippen molar-refractivity contribution in [2.45, 2.75) is 165 Å². The predicted molar refractivity (Wildman–Crippen MR) is 196 cm³/mol. The summed E-state index contributed by atoms with van der Waals surface area (Å²) >= 11 is 0. The van der Waals surface area contributed by atoms with Crippen molar-refractivity contribution in [1.29, 1.82) is 0 Å². The summed E-state index contributed by atoms with van der Waals surface area (Å²) in [6.45, 7) is 24.2. The molecule has 8 heteroatoms. The van der Waals surface area contributed by atoms with E-state index >= 15 is 0 Å². The molecule has 0 aromatic heterocycles. The topological polar surface area (TPSA) is 130 Å². The summed E-state index contributed by atoms with van der Waals surface area (Å²) in [7, 11) is 0. The van der Waals surface area contributed by atoms with Gasteiger partial charge in [0.1, 0.15) is 6.10 Å². The van der Waals surface area contributed by atoms with E-state index in [2.05, 4.69) is 53.8 Å². The number of rotatable bonds is 8. The number of hydrogen-bond acceptors (Lipinski definition) is 5. The Morgan fingerprint density at radius 2 is 1.45 bits per heavy atom. The van der Waals surface area contributed by atoms with Crippen LogP contribution in [0.2, 0.25) is 0 Å². The maximum Gasteiger partial charge on any atom is 0.309 e. The Kier molecular flexibility index (Phi) is 9.23. The molecule has 0 aliphatic heterocycles. The highest BCUT2D eigenvalue weighted by Crippen LogP contribution is 2.77. The largest absolute Gasteiger partial charge is 0.481 e. The molecule has 12 atom stereocenters. The number of hydrogen-bond donors (Lipinski definition) is 3. The number of carbonyl (C=O) groups excluding carboxylic acids is 2. The van der Waals surface area contributed by atoms with Crippen LogP contribution in [0.5, 0.6) is 0 Å². The molecule has 0 bridgehead atoms. The van der Waals surface area contributed by atoms with Gasteiger partial charge in [0, 0.05) is 11.5 Å². The van der Waals surface area contributed by atoms with Crippen LogP contribution in [-0.4, -0.2) is 46.2 Å². The van der Waals surface area contributed by atoms with E-state index in [1.54, 1.807) is 13.8 Å². The molecule has 6 fully saturated rings. The summed E-state index contributed by atoms with van der Waals surface area (Å²) in [5.41, 5.74) is -1.88. The highest BCUT2D eigenvalue weighted by atomic mass is 16.5. The molecule has 51 heavy (non-hydrogen) atoms. The fraction of sp³-hybridized carbons (Fsp3) is 0.907. The van der Waals surface area contributed by atoms with Crippen LogP contribution in [0.25, 0.3) is 0 Å². The Hall–Kier alpha value is -2.12. The van der Waals surface area contributed by atoms with Crippen molar-refractivity contribution in [2.24, 2.45) is 79.3 Å². The highest BCUT2D eigenvalue weighted by Gasteiger charge is 2.72. The lowest BCUT2D eigenvalue weighted by atomic mass is 9.32. The SMILES string of the molecule is CC(C)[C@@H]1CCC2(C(=O)NC3C[C@H](C(=O)O)C3(C)C)CC[C@]3(C)C(CC[C@@H]4C5(C)CCC(OC(=O)CC(C)(C)C(=O)O)C(C)(C)[C@@H]5CC[C@]43C)[C@@H]12. The van der Waals surface area contributed by atoms with Crippen LogP contribution in [-0.2, 0) is 23.9 Å². The van der Waals surface area contributed by atoms with Crippen molar-refractivity contribution in [2.75, 3.05) is 0 Å². The van der Waals surface area contributed by atoms with Gasteiger partial charge in [-0.3, -0.25) is 19.2 Å².